The number of ether oxygens (including phenoxy) is 2. The third-order valence-electron chi connectivity index (χ3n) is 5.38. The fourth-order valence-corrected chi connectivity index (χ4v) is 3.81. The molecule has 0 saturated carbocycles. The smallest absolute Gasteiger partial charge is 0.338 e. The summed E-state index contributed by atoms with van der Waals surface area (Å²) in [5.74, 6) is 0.384. The Labute approximate surface area is 183 Å². The molecular formula is C25H20N2O5. The van der Waals surface area contributed by atoms with Gasteiger partial charge in [0.05, 0.1) is 23.6 Å². The number of benzene rings is 3. The van der Waals surface area contributed by atoms with Crippen molar-refractivity contribution in [2.24, 2.45) is 0 Å². The average Bonchev–Trinajstić information content (AvgIpc) is 3.27. The van der Waals surface area contributed by atoms with Gasteiger partial charge in [0, 0.05) is 17.5 Å². The van der Waals surface area contributed by atoms with Crippen LogP contribution < -0.4 is 10.1 Å². The number of fused-ring (bicyclic) bond motifs is 2. The fraction of sp³-hybridized carbons (Fsp3) is 0.160. The number of nitrogens with one attached hydrogen (secondary N) is 1. The second kappa shape index (κ2) is 8.55. The van der Waals surface area contributed by atoms with E-state index in [2.05, 4.69) is 10.5 Å². The van der Waals surface area contributed by atoms with Crippen LogP contribution in [0.15, 0.2) is 77.3 Å². The van der Waals surface area contributed by atoms with Gasteiger partial charge in [-0.05, 0) is 24.3 Å². The molecule has 1 aromatic heterocycles. The van der Waals surface area contributed by atoms with Gasteiger partial charge in [0.25, 0.3) is 5.91 Å². The Bertz CT molecular complexity index is 1280. The highest BCUT2D eigenvalue weighted by atomic mass is 16.5. The molecule has 160 valence electrons. The number of hydrogen-bond donors (Lipinski definition) is 1. The number of amides is 1. The molecule has 1 atom stereocenters. The Kier molecular flexibility index (Phi) is 5.29. The Morgan fingerprint density at radius 2 is 1.84 bits per heavy atom. The number of esters is 1. The maximum absolute atomic E-state index is 12.6. The van der Waals surface area contributed by atoms with Gasteiger partial charge in [0.2, 0.25) is 0 Å². The molecule has 7 nitrogen and oxygen atoms in total. The van der Waals surface area contributed by atoms with Crippen LogP contribution in [0.4, 0.5) is 0 Å². The maximum atomic E-state index is 12.6. The summed E-state index contributed by atoms with van der Waals surface area (Å²) in [5.41, 5.74) is 2.74. The van der Waals surface area contributed by atoms with E-state index in [9.17, 15) is 9.59 Å². The van der Waals surface area contributed by atoms with E-state index in [1.54, 1.807) is 18.2 Å². The van der Waals surface area contributed by atoms with Crippen LogP contribution >= 0.6 is 0 Å². The molecule has 32 heavy (non-hydrogen) atoms. The SMILES string of the molecule is O=C(COC(=O)c1ccc2noc(-c3ccccc3)c2c1)NC1CCOc2ccccc21. The molecule has 0 saturated heterocycles. The van der Waals surface area contributed by atoms with Crippen LogP contribution in [0.3, 0.4) is 0 Å². The number of hydrogen-bond acceptors (Lipinski definition) is 6. The summed E-state index contributed by atoms with van der Waals surface area (Å²) in [7, 11) is 0. The van der Waals surface area contributed by atoms with Gasteiger partial charge < -0.3 is 19.3 Å². The van der Waals surface area contributed by atoms with Gasteiger partial charge in [0.1, 0.15) is 11.3 Å². The number of nitrogens with zero attached hydrogens (tertiary/aromatic N) is 1. The highest BCUT2D eigenvalue weighted by Crippen LogP contribution is 2.31. The van der Waals surface area contributed by atoms with E-state index in [-0.39, 0.29) is 18.6 Å². The van der Waals surface area contributed by atoms with Crippen molar-refractivity contribution >= 4 is 22.8 Å². The van der Waals surface area contributed by atoms with Crippen molar-refractivity contribution in [2.45, 2.75) is 12.5 Å². The predicted molar refractivity (Wildman–Crippen MR) is 117 cm³/mol. The summed E-state index contributed by atoms with van der Waals surface area (Å²) < 4.78 is 16.3. The molecule has 0 spiro atoms. The average molecular weight is 428 g/mol. The van der Waals surface area contributed by atoms with Crippen LogP contribution in [0.5, 0.6) is 5.75 Å². The lowest BCUT2D eigenvalue weighted by Gasteiger charge is -2.26. The number of aromatic nitrogens is 1. The van der Waals surface area contributed by atoms with Crippen LogP contribution in [-0.2, 0) is 9.53 Å². The molecule has 4 aromatic rings. The Morgan fingerprint density at radius 3 is 2.72 bits per heavy atom. The number of carbonyl (C=O) groups is 2. The summed E-state index contributed by atoms with van der Waals surface area (Å²) >= 11 is 0. The summed E-state index contributed by atoms with van der Waals surface area (Å²) in [5, 5.41) is 7.67. The highest BCUT2D eigenvalue weighted by Gasteiger charge is 2.23. The van der Waals surface area contributed by atoms with Crippen molar-refractivity contribution in [3.8, 4) is 17.1 Å². The second-order valence-corrected chi connectivity index (χ2v) is 7.48. The molecule has 1 unspecified atom stereocenters. The Morgan fingerprint density at radius 1 is 1.03 bits per heavy atom. The molecule has 2 heterocycles. The third-order valence-corrected chi connectivity index (χ3v) is 5.38. The van der Waals surface area contributed by atoms with Crippen LogP contribution in [0.1, 0.15) is 28.4 Å². The number of carbonyl (C=O) groups excluding carboxylic acids is 2. The molecule has 0 fully saturated rings. The first-order chi connectivity index (χ1) is 15.7. The van der Waals surface area contributed by atoms with E-state index < -0.39 is 5.97 Å². The second-order valence-electron chi connectivity index (χ2n) is 7.48. The van der Waals surface area contributed by atoms with E-state index in [1.807, 2.05) is 54.6 Å². The summed E-state index contributed by atoms with van der Waals surface area (Å²) in [4.78, 5) is 25.0. The number of rotatable bonds is 5. The zero-order valence-corrected chi connectivity index (χ0v) is 17.1. The van der Waals surface area contributed by atoms with E-state index >= 15 is 0 Å². The van der Waals surface area contributed by atoms with E-state index in [0.29, 0.717) is 35.3 Å². The highest BCUT2D eigenvalue weighted by molar-refractivity contribution is 5.99. The molecule has 0 radical (unpaired) electrons. The van der Waals surface area contributed by atoms with Gasteiger partial charge in [-0.3, -0.25) is 4.79 Å². The van der Waals surface area contributed by atoms with E-state index in [1.165, 1.54) is 0 Å². The van der Waals surface area contributed by atoms with Crippen molar-refractivity contribution < 1.29 is 23.6 Å². The fourth-order valence-electron chi connectivity index (χ4n) is 3.81. The summed E-state index contributed by atoms with van der Waals surface area (Å²) in [6.45, 7) is 0.149. The standard InChI is InChI=1S/C25H20N2O5/c28-23(26-20-12-13-30-22-9-5-4-8-18(20)22)15-31-25(29)17-10-11-21-19(14-17)24(32-27-21)16-6-2-1-3-7-16/h1-11,14,20H,12-13,15H2,(H,26,28). The number of para-hydroxylation sites is 1. The molecule has 0 bridgehead atoms. The maximum Gasteiger partial charge on any atom is 0.338 e. The Balaban J connectivity index is 1.26. The monoisotopic (exact) mass is 428 g/mol. The van der Waals surface area contributed by atoms with E-state index in [0.717, 1.165) is 16.9 Å². The van der Waals surface area contributed by atoms with E-state index in [4.69, 9.17) is 14.0 Å². The molecule has 1 N–H and O–H groups in total. The van der Waals surface area contributed by atoms with Gasteiger partial charge >= 0.3 is 5.97 Å². The molecule has 0 aliphatic carbocycles. The molecule has 7 heteroatoms. The van der Waals surface area contributed by atoms with Gasteiger partial charge in [0.15, 0.2) is 12.4 Å². The first-order valence-electron chi connectivity index (χ1n) is 10.3. The van der Waals surface area contributed by atoms with Crippen LogP contribution in [0.2, 0.25) is 0 Å². The minimum absolute atomic E-state index is 0.173. The van der Waals surface area contributed by atoms with Gasteiger partial charge in [-0.1, -0.05) is 53.7 Å². The molecule has 3 aromatic carbocycles. The lowest BCUT2D eigenvalue weighted by atomic mass is 10.0. The predicted octanol–water partition coefficient (Wildman–Crippen LogP) is 4.29. The van der Waals surface area contributed by atoms with Crippen molar-refractivity contribution in [1.29, 1.82) is 0 Å². The van der Waals surface area contributed by atoms with Crippen molar-refractivity contribution in [1.82, 2.24) is 10.5 Å². The zero-order chi connectivity index (χ0) is 21.9. The van der Waals surface area contributed by atoms with Crippen molar-refractivity contribution in [3.63, 3.8) is 0 Å². The lowest BCUT2D eigenvalue weighted by molar-refractivity contribution is -0.125. The molecule has 1 amide bonds. The van der Waals surface area contributed by atoms with Crippen LogP contribution in [-0.4, -0.2) is 30.2 Å². The topological polar surface area (TPSA) is 90.7 Å². The lowest BCUT2D eigenvalue weighted by Crippen LogP contribution is -2.35. The molecular weight excluding hydrogens is 408 g/mol. The van der Waals surface area contributed by atoms with Crippen molar-refractivity contribution in [3.05, 3.63) is 83.9 Å². The van der Waals surface area contributed by atoms with Gasteiger partial charge in [-0.2, -0.15) is 0 Å². The first kappa shape index (κ1) is 19.8. The van der Waals surface area contributed by atoms with Crippen LogP contribution in [0, 0.1) is 0 Å². The quantitative estimate of drug-likeness (QED) is 0.477. The minimum Gasteiger partial charge on any atom is -0.493 e. The van der Waals surface area contributed by atoms with Crippen LogP contribution in [0.25, 0.3) is 22.2 Å². The van der Waals surface area contributed by atoms with Gasteiger partial charge in [-0.15, -0.1) is 0 Å². The van der Waals surface area contributed by atoms with Crippen molar-refractivity contribution in [2.75, 3.05) is 13.2 Å². The Hall–Kier alpha value is -4.13. The van der Waals surface area contributed by atoms with Gasteiger partial charge in [-0.25, -0.2) is 4.79 Å². The molecule has 1 aliphatic rings. The summed E-state index contributed by atoms with van der Waals surface area (Å²) in [6.07, 6.45) is 0.656. The minimum atomic E-state index is -0.588. The largest absolute Gasteiger partial charge is 0.493 e. The normalized spacial score (nSPS) is 14.9. The first-order valence-corrected chi connectivity index (χ1v) is 10.3. The zero-order valence-electron chi connectivity index (χ0n) is 17.1. The summed E-state index contributed by atoms with van der Waals surface area (Å²) in [6, 6.07) is 21.9. The molecule has 5 rings (SSSR count). The third kappa shape index (κ3) is 3.92. The molecule has 1 aliphatic heterocycles.